The Balaban J connectivity index is 2.41. The number of rotatable bonds is 6. The van der Waals surface area contributed by atoms with Crippen molar-refractivity contribution in [3.8, 4) is 0 Å². The third-order valence-electron chi connectivity index (χ3n) is 5.89. The van der Waals surface area contributed by atoms with E-state index in [2.05, 4.69) is 32.3 Å². The van der Waals surface area contributed by atoms with Crippen molar-refractivity contribution in [3.05, 3.63) is 11.8 Å². The Hall–Kier alpha value is -0.0831. The summed E-state index contributed by atoms with van der Waals surface area (Å²) in [6, 6.07) is 3.63. The molecule has 0 aromatic carbocycles. The minimum atomic E-state index is -0.673. The molecule has 2 unspecified atom stereocenters. The van der Waals surface area contributed by atoms with Crippen molar-refractivity contribution < 1.29 is 0 Å². The molecule has 0 aromatic rings. The number of nitrogens with zero attached hydrogens (tertiary/aromatic N) is 1. The molecule has 2 atom stereocenters. The van der Waals surface area contributed by atoms with Crippen molar-refractivity contribution >= 4 is 8.80 Å². The Morgan fingerprint density at radius 1 is 0.913 bits per heavy atom. The molecule has 0 bridgehead atoms. The molecule has 0 spiro atoms. The van der Waals surface area contributed by atoms with Crippen molar-refractivity contribution in [2.45, 2.75) is 110 Å². The number of allylic oxidation sites excluding steroid dienone is 1. The highest BCUT2D eigenvalue weighted by molar-refractivity contribution is 6.66. The molecule has 0 aliphatic carbocycles. The molecule has 1 aliphatic heterocycles. The SMILES string of the molecule is C=C(C)[SiH](CC)CCC(C)N1CCCCCCCCCCCC1. The van der Waals surface area contributed by atoms with Crippen molar-refractivity contribution in [2.24, 2.45) is 0 Å². The van der Waals surface area contributed by atoms with Gasteiger partial charge in [-0.3, -0.25) is 0 Å². The average Bonchev–Trinajstić information content (AvgIpc) is 2.55. The van der Waals surface area contributed by atoms with E-state index in [1.807, 2.05) is 0 Å². The molecule has 1 aliphatic rings. The van der Waals surface area contributed by atoms with E-state index in [1.54, 1.807) is 0 Å². The largest absolute Gasteiger partial charge is 0.301 e. The first-order chi connectivity index (χ1) is 11.1. The molecule has 1 rings (SSSR count). The van der Waals surface area contributed by atoms with Crippen LogP contribution in [-0.4, -0.2) is 32.8 Å². The van der Waals surface area contributed by atoms with Gasteiger partial charge in [-0.1, -0.05) is 75.6 Å². The maximum Gasteiger partial charge on any atom is 0.0643 e. The highest BCUT2D eigenvalue weighted by atomic mass is 28.3. The lowest BCUT2D eigenvalue weighted by molar-refractivity contribution is 0.195. The van der Waals surface area contributed by atoms with Crippen LogP contribution in [0.25, 0.3) is 0 Å². The molecule has 136 valence electrons. The van der Waals surface area contributed by atoms with E-state index in [9.17, 15) is 0 Å². The lowest BCUT2D eigenvalue weighted by atomic mass is 10.1. The molecule has 1 saturated heterocycles. The van der Waals surface area contributed by atoms with Crippen LogP contribution in [0.2, 0.25) is 12.1 Å². The maximum atomic E-state index is 4.24. The first kappa shape index (κ1) is 21.0. The zero-order valence-electron chi connectivity index (χ0n) is 16.4. The van der Waals surface area contributed by atoms with Crippen molar-refractivity contribution in [1.82, 2.24) is 4.90 Å². The van der Waals surface area contributed by atoms with Gasteiger partial charge in [0.05, 0.1) is 8.80 Å². The van der Waals surface area contributed by atoms with Crippen LogP contribution in [0.15, 0.2) is 11.8 Å². The zero-order valence-corrected chi connectivity index (χ0v) is 17.6. The third-order valence-corrected chi connectivity index (χ3v) is 9.30. The monoisotopic (exact) mass is 337 g/mol. The summed E-state index contributed by atoms with van der Waals surface area (Å²) in [5.41, 5.74) is 0. The lowest BCUT2D eigenvalue weighted by Crippen LogP contribution is -2.35. The minimum Gasteiger partial charge on any atom is -0.301 e. The van der Waals surface area contributed by atoms with Gasteiger partial charge in [0.15, 0.2) is 0 Å². The molecule has 0 saturated carbocycles. The van der Waals surface area contributed by atoms with Crippen molar-refractivity contribution in [2.75, 3.05) is 13.1 Å². The fraction of sp³-hybridized carbons (Fsp3) is 0.905. The van der Waals surface area contributed by atoms with Gasteiger partial charge in [0.2, 0.25) is 0 Å². The van der Waals surface area contributed by atoms with Gasteiger partial charge in [-0.05, 0) is 46.2 Å². The van der Waals surface area contributed by atoms with Crippen LogP contribution in [-0.2, 0) is 0 Å². The van der Waals surface area contributed by atoms with Crippen LogP contribution < -0.4 is 0 Å². The molecule has 0 radical (unpaired) electrons. The standard InChI is InChI=1S/C21H43NSi/c1-5-23(20(2)3)19-16-21(4)22-17-14-12-10-8-6-7-9-11-13-15-18-22/h21,23H,2,5-19H2,1,3-4H3. The van der Waals surface area contributed by atoms with Crippen molar-refractivity contribution in [3.63, 3.8) is 0 Å². The summed E-state index contributed by atoms with van der Waals surface area (Å²) in [6.07, 6.45) is 15.9. The number of hydrogen-bond donors (Lipinski definition) is 0. The van der Waals surface area contributed by atoms with Crippen LogP contribution in [0.5, 0.6) is 0 Å². The molecule has 23 heavy (non-hydrogen) atoms. The van der Waals surface area contributed by atoms with Crippen LogP contribution in [0.1, 0.15) is 91.4 Å². The highest BCUT2D eigenvalue weighted by Gasteiger charge is 2.16. The highest BCUT2D eigenvalue weighted by Crippen LogP contribution is 2.18. The normalized spacial score (nSPS) is 22.4. The summed E-state index contributed by atoms with van der Waals surface area (Å²) in [5, 5.41) is 1.52. The maximum absolute atomic E-state index is 4.24. The molecule has 1 fully saturated rings. The van der Waals surface area contributed by atoms with Crippen molar-refractivity contribution in [1.29, 1.82) is 0 Å². The molecule has 2 heteroatoms. The second-order valence-electron chi connectivity index (χ2n) is 7.95. The lowest BCUT2D eigenvalue weighted by Gasteiger charge is -2.30. The van der Waals surface area contributed by atoms with E-state index in [4.69, 9.17) is 0 Å². The summed E-state index contributed by atoms with van der Waals surface area (Å²) in [5.74, 6) is 0. The quantitative estimate of drug-likeness (QED) is 0.511. The van der Waals surface area contributed by atoms with Crippen LogP contribution in [0, 0.1) is 0 Å². The minimum absolute atomic E-state index is 0.673. The fourth-order valence-corrected chi connectivity index (χ4v) is 6.50. The molecule has 0 aromatic heterocycles. The van der Waals surface area contributed by atoms with Crippen LogP contribution in [0.3, 0.4) is 0 Å². The Kier molecular flexibility index (Phi) is 12.1. The number of hydrogen-bond acceptors (Lipinski definition) is 1. The average molecular weight is 338 g/mol. The van der Waals surface area contributed by atoms with Gasteiger partial charge in [-0.15, -0.1) is 6.58 Å². The van der Waals surface area contributed by atoms with Gasteiger partial charge in [0.1, 0.15) is 0 Å². The molecule has 0 amide bonds. The van der Waals surface area contributed by atoms with E-state index in [1.165, 1.54) is 101 Å². The first-order valence-corrected chi connectivity index (χ1v) is 12.8. The van der Waals surface area contributed by atoms with Gasteiger partial charge >= 0.3 is 0 Å². The Morgan fingerprint density at radius 2 is 1.35 bits per heavy atom. The first-order valence-electron chi connectivity index (χ1n) is 10.5. The molecular formula is C21H43NSi. The van der Waals surface area contributed by atoms with Crippen LogP contribution in [0.4, 0.5) is 0 Å². The second kappa shape index (κ2) is 13.2. The smallest absolute Gasteiger partial charge is 0.0643 e. The van der Waals surface area contributed by atoms with Crippen LogP contribution >= 0.6 is 0 Å². The fourth-order valence-electron chi connectivity index (χ4n) is 4.02. The van der Waals surface area contributed by atoms with E-state index in [0.717, 1.165) is 6.04 Å². The molecule has 1 heterocycles. The Morgan fingerprint density at radius 3 is 1.74 bits per heavy atom. The van der Waals surface area contributed by atoms with Gasteiger partial charge in [-0.2, -0.15) is 0 Å². The predicted molar refractivity (Wildman–Crippen MR) is 109 cm³/mol. The zero-order chi connectivity index (χ0) is 16.9. The van der Waals surface area contributed by atoms with E-state index >= 15 is 0 Å². The summed E-state index contributed by atoms with van der Waals surface area (Å²) >= 11 is 0. The molecule has 1 nitrogen and oxygen atoms in total. The van der Waals surface area contributed by atoms with Gasteiger partial charge < -0.3 is 4.90 Å². The van der Waals surface area contributed by atoms with E-state index in [-0.39, 0.29) is 0 Å². The van der Waals surface area contributed by atoms with Gasteiger partial charge in [0.25, 0.3) is 0 Å². The molecule has 0 N–H and O–H groups in total. The molecular weight excluding hydrogens is 294 g/mol. The summed E-state index contributed by atoms with van der Waals surface area (Å²) in [4.78, 5) is 2.82. The third kappa shape index (κ3) is 9.71. The van der Waals surface area contributed by atoms with E-state index in [0.29, 0.717) is 0 Å². The predicted octanol–water partition coefficient (Wildman–Crippen LogP) is 6.34. The summed E-state index contributed by atoms with van der Waals surface area (Å²) < 4.78 is 0. The summed E-state index contributed by atoms with van der Waals surface area (Å²) in [6.45, 7) is 14.0. The Bertz CT molecular complexity index is 288. The van der Waals surface area contributed by atoms with Gasteiger partial charge in [-0.25, -0.2) is 0 Å². The van der Waals surface area contributed by atoms with E-state index < -0.39 is 8.80 Å². The Labute approximate surface area is 148 Å². The topological polar surface area (TPSA) is 3.24 Å². The summed E-state index contributed by atoms with van der Waals surface area (Å²) in [7, 11) is -0.673. The van der Waals surface area contributed by atoms with Gasteiger partial charge in [0, 0.05) is 6.04 Å². The second-order valence-corrected chi connectivity index (χ2v) is 11.7.